The summed E-state index contributed by atoms with van der Waals surface area (Å²) < 4.78 is 0. The average Bonchev–Trinajstić information content (AvgIpc) is 2.26. The molecule has 0 spiro atoms. The maximum atomic E-state index is 9.41. The molecule has 0 aliphatic heterocycles. The van der Waals surface area contributed by atoms with Gasteiger partial charge in [-0.25, -0.2) is 0 Å². The van der Waals surface area contributed by atoms with E-state index in [1.165, 1.54) is 0 Å². The highest BCUT2D eigenvalue weighted by Crippen LogP contribution is 2.31. The molecule has 3 heteroatoms. The van der Waals surface area contributed by atoms with E-state index in [-0.39, 0.29) is 6.42 Å². The summed E-state index contributed by atoms with van der Waals surface area (Å²) in [7, 11) is 3.65. The van der Waals surface area contributed by atoms with Crippen LogP contribution in [-0.2, 0) is 5.54 Å². The monoisotopic (exact) mass is 213 g/mol. The first-order valence-electron chi connectivity index (χ1n) is 5.10. The van der Waals surface area contributed by atoms with Gasteiger partial charge in [-0.3, -0.25) is 4.90 Å². The molecule has 0 aliphatic rings. The van der Waals surface area contributed by atoms with Gasteiger partial charge >= 0.3 is 0 Å². The van der Waals surface area contributed by atoms with E-state index in [9.17, 15) is 5.26 Å². The van der Waals surface area contributed by atoms with Crippen LogP contribution in [0.4, 0.5) is 0 Å². The number of rotatable bonds is 3. The molecule has 82 valence electrons. The van der Waals surface area contributed by atoms with Gasteiger partial charge in [-0.05, 0) is 32.1 Å². The number of aryl methyl sites for hydroxylation is 1. The van der Waals surface area contributed by atoms with Crippen LogP contribution >= 0.6 is 0 Å². The zero-order valence-corrected chi connectivity index (χ0v) is 9.86. The summed E-state index contributed by atoms with van der Waals surface area (Å²) in [5.74, 6) is 0. The van der Waals surface area contributed by atoms with Crippen molar-refractivity contribution < 1.29 is 0 Å². The molecule has 0 radical (unpaired) electrons. The van der Waals surface area contributed by atoms with Crippen molar-refractivity contribution in [2.45, 2.75) is 18.9 Å². The quantitative estimate of drug-likeness (QED) is 0.773. The topological polar surface area (TPSA) is 50.8 Å². The van der Waals surface area contributed by atoms with Crippen molar-refractivity contribution in [2.24, 2.45) is 0 Å². The van der Waals surface area contributed by atoms with E-state index >= 15 is 0 Å². The Morgan fingerprint density at radius 2 is 1.88 bits per heavy atom. The summed E-state index contributed by atoms with van der Waals surface area (Å²) in [6, 6.07) is 12.1. The normalized spacial score (nSPS) is 13.9. The Kier molecular flexibility index (Phi) is 3.66. The first kappa shape index (κ1) is 12.2. The van der Waals surface area contributed by atoms with Gasteiger partial charge in [0.05, 0.1) is 18.6 Å². The number of benzene rings is 1. The number of hydrogen-bond donors (Lipinski definition) is 0. The second kappa shape index (κ2) is 4.79. The minimum atomic E-state index is -0.847. The van der Waals surface area contributed by atoms with Gasteiger partial charge in [0.15, 0.2) is 0 Å². The third-order valence-corrected chi connectivity index (χ3v) is 2.87. The molecular weight excluding hydrogens is 198 g/mol. The fourth-order valence-corrected chi connectivity index (χ4v) is 1.85. The molecular formula is C13H15N3. The van der Waals surface area contributed by atoms with Crippen LogP contribution in [0.5, 0.6) is 0 Å². The Balaban J connectivity index is 3.39. The fourth-order valence-electron chi connectivity index (χ4n) is 1.85. The molecule has 1 rings (SSSR count). The average molecular weight is 213 g/mol. The molecule has 1 aromatic rings. The van der Waals surface area contributed by atoms with E-state index in [0.29, 0.717) is 0 Å². The maximum Gasteiger partial charge on any atom is 0.147 e. The van der Waals surface area contributed by atoms with E-state index in [1.54, 1.807) is 4.90 Å². The Morgan fingerprint density at radius 3 is 2.31 bits per heavy atom. The lowest BCUT2D eigenvalue weighted by atomic mass is 9.84. The molecule has 0 fully saturated rings. The molecule has 0 amide bonds. The predicted octanol–water partition coefficient (Wildman–Crippen LogP) is 2.19. The van der Waals surface area contributed by atoms with E-state index in [1.807, 2.05) is 45.3 Å². The Hall–Kier alpha value is -1.84. The van der Waals surface area contributed by atoms with Gasteiger partial charge < -0.3 is 0 Å². The summed E-state index contributed by atoms with van der Waals surface area (Å²) in [6.07, 6.45) is 0.168. The molecule has 0 saturated carbocycles. The van der Waals surface area contributed by atoms with E-state index in [2.05, 4.69) is 12.1 Å². The molecule has 1 unspecified atom stereocenters. The lowest BCUT2D eigenvalue weighted by molar-refractivity contribution is 0.222. The molecule has 16 heavy (non-hydrogen) atoms. The van der Waals surface area contributed by atoms with Crippen molar-refractivity contribution in [1.29, 1.82) is 10.5 Å². The van der Waals surface area contributed by atoms with Gasteiger partial charge in [0.2, 0.25) is 0 Å². The van der Waals surface area contributed by atoms with Gasteiger partial charge in [-0.1, -0.05) is 24.3 Å². The van der Waals surface area contributed by atoms with Crippen molar-refractivity contribution in [3.63, 3.8) is 0 Å². The minimum absolute atomic E-state index is 0.168. The third-order valence-electron chi connectivity index (χ3n) is 2.87. The van der Waals surface area contributed by atoms with Crippen molar-refractivity contribution in [1.82, 2.24) is 4.90 Å². The maximum absolute atomic E-state index is 9.41. The molecule has 1 atom stereocenters. The van der Waals surface area contributed by atoms with Crippen LogP contribution < -0.4 is 0 Å². The summed E-state index contributed by atoms with van der Waals surface area (Å²) in [6.45, 7) is 1.96. The SMILES string of the molecule is Cc1ccccc1C(C#N)(CC#N)N(C)C. The van der Waals surface area contributed by atoms with Crippen LogP contribution in [-0.4, -0.2) is 19.0 Å². The second-order valence-electron chi connectivity index (χ2n) is 4.02. The molecule has 0 heterocycles. The van der Waals surface area contributed by atoms with Crippen molar-refractivity contribution in [3.8, 4) is 12.1 Å². The predicted molar refractivity (Wildman–Crippen MR) is 62.4 cm³/mol. The van der Waals surface area contributed by atoms with Crippen LogP contribution in [0.15, 0.2) is 24.3 Å². The van der Waals surface area contributed by atoms with Gasteiger partial charge in [0.1, 0.15) is 5.54 Å². The first-order chi connectivity index (χ1) is 7.58. The lowest BCUT2D eigenvalue weighted by Gasteiger charge is -2.32. The minimum Gasteiger partial charge on any atom is -0.287 e. The number of hydrogen-bond acceptors (Lipinski definition) is 3. The molecule has 1 aromatic carbocycles. The highest BCUT2D eigenvalue weighted by Gasteiger charge is 2.35. The third kappa shape index (κ3) is 1.91. The standard InChI is InChI=1S/C13H15N3/c1-11-6-4-5-7-12(11)13(10-15,8-9-14)16(2)3/h4-7H,8H2,1-3H3. The van der Waals surface area contributed by atoms with Gasteiger partial charge in [-0.15, -0.1) is 0 Å². The first-order valence-corrected chi connectivity index (χ1v) is 5.10. The molecule has 0 bridgehead atoms. The highest BCUT2D eigenvalue weighted by atomic mass is 15.1. The Morgan fingerprint density at radius 1 is 1.25 bits per heavy atom. The Labute approximate surface area is 96.5 Å². The number of nitriles is 2. The van der Waals surface area contributed by atoms with Gasteiger partial charge in [-0.2, -0.15) is 10.5 Å². The lowest BCUT2D eigenvalue weighted by Crippen LogP contribution is -2.40. The zero-order valence-electron chi connectivity index (χ0n) is 9.86. The summed E-state index contributed by atoms with van der Waals surface area (Å²) in [5.41, 5.74) is 1.09. The molecule has 0 saturated heterocycles. The highest BCUT2D eigenvalue weighted by molar-refractivity contribution is 5.38. The summed E-state index contributed by atoms with van der Waals surface area (Å²) in [5, 5.41) is 18.3. The van der Waals surface area contributed by atoms with Crippen molar-refractivity contribution >= 4 is 0 Å². The molecule has 0 aromatic heterocycles. The zero-order chi connectivity index (χ0) is 12.2. The molecule has 3 nitrogen and oxygen atoms in total. The van der Waals surface area contributed by atoms with Crippen LogP contribution in [0, 0.1) is 29.6 Å². The van der Waals surface area contributed by atoms with Crippen LogP contribution in [0.25, 0.3) is 0 Å². The van der Waals surface area contributed by atoms with Crippen LogP contribution in [0.1, 0.15) is 17.5 Å². The summed E-state index contributed by atoms with van der Waals surface area (Å²) in [4.78, 5) is 1.80. The van der Waals surface area contributed by atoms with Crippen LogP contribution in [0.2, 0.25) is 0 Å². The Bertz CT molecular complexity index is 451. The largest absolute Gasteiger partial charge is 0.287 e. The molecule has 0 aliphatic carbocycles. The van der Waals surface area contributed by atoms with E-state index in [0.717, 1.165) is 11.1 Å². The smallest absolute Gasteiger partial charge is 0.147 e. The van der Waals surface area contributed by atoms with Crippen molar-refractivity contribution in [3.05, 3.63) is 35.4 Å². The van der Waals surface area contributed by atoms with Crippen molar-refractivity contribution in [2.75, 3.05) is 14.1 Å². The summed E-state index contributed by atoms with van der Waals surface area (Å²) >= 11 is 0. The number of nitrogens with zero attached hydrogens (tertiary/aromatic N) is 3. The van der Waals surface area contributed by atoms with E-state index < -0.39 is 5.54 Å². The fraction of sp³-hybridized carbons (Fsp3) is 0.385. The van der Waals surface area contributed by atoms with Crippen LogP contribution in [0.3, 0.4) is 0 Å². The van der Waals surface area contributed by atoms with Gasteiger partial charge in [0.25, 0.3) is 0 Å². The van der Waals surface area contributed by atoms with E-state index in [4.69, 9.17) is 5.26 Å². The molecule has 0 N–H and O–H groups in total. The van der Waals surface area contributed by atoms with Gasteiger partial charge in [0, 0.05) is 0 Å². The second-order valence-corrected chi connectivity index (χ2v) is 4.02.